The van der Waals surface area contributed by atoms with Crippen LogP contribution in [0.1, 0.15) is 24.3 Å². The van der Waals surface area contributed by atoms with Gasteiger partial charge >= 0.3 is 0 Å². The van der Waals surface area contributed by atoms with E-state index < -0.39 is 5.54 Å². The van der Waals surface area contributed by atoms with Crippen LogP contribution in [0.5, 0.6) is 0 Å². The van der Waals surface area contributed by atoms with Crippen LogP contribution in [0.4, 0.5) is 5.69 Å². The Morgan fingerprint density at radius 3 is 2.59 bits per heavy atom. The van der Waals surface area contributed by atoms with Crippen molar-refractivity contribution < 1.29 is 15.0 Å². The van der Waals surface area contributed by atoms with Crippen LogP contribution in [-0.4, -0.2) is 39.4 Å². The van der Waals surface area contributed by atoms with Crippen LogP contribution < -0.4 is 11.1 Å². The molecule has 1 amide bonds. The van der Waals surface area contributed by atoms with Crippen LogP contribution in [0.25, 0.3) is 0 Å². The Morgan fingerprint density at radius 2 is 2.12 bits per heavy atom. The van der Waals surface area contributed by atoms with Gasteiger partial charge < -0.3 is 25.8 Å². The highest BCUT2D eigenvalue weighted by atomic mass is 16.3. The van der Waals surface area contributed by atoms with Gasteiger partial charge in [0.05, 0.1) is 24.4 Å². The Balaban J connectivity index is 2.89. The highest BCUT2D eigenvalue weighted by molar-refractivity contribution is 5.94. The SMILES string of the molecule is CCn1cc(N)cc1C(=O)NC(C)(CO)CO. The maximum atomic E-state index is 12.0. The fourth-order valence-corrected chi connectivity index (χ4v) is 1.45. The van der Waals surface area contributed by atoms with Crippen molar-refractivity contribution in [3.63, 3.8) is 0 Å². The summed E-state index contributed by atoms with van der Waals surface area (Å²) in [6.45, 7) is 3.41. The highest BCUT2D eigenvalue weighted by Crippen LogP contribution is 2.12. The maximum Gasteiger partial charge on any atom is 0.268 e. The summed E-state index contributed by atoms with van der Waals surface area (Å²) in [7, 11) is 0. The molecule has 0 unspecified atom stereocenters. The molecule has 1 aromatic heterocycles. The van der Waals surface area contributed by atoms with E-state index in [1.54, 1.807) is 23.8 Å². The summed E-state index contributed by atoms with van der Waals surface area (Å²) in [5.41, 5.74) is 5.51. The second kappa shape index (κ2) is 5.20. The van der Waals surface area contributed by atoms with Crippen molar-refractivity contribution in [1.82, 2.24) is 9.88 Å². The van der Waals surface area contributed by atoms with Gasteiger partial charge in [-0.2, -0.15) is 0 Å². The summed E-state index contributed by atoms with van der Waals surface area (Å²) < 4.78 is 1.71. The van der Waals surface area contributed by atoms with E-state index in [0.717, 1.165) is 0 Å². The molecule has 96 valence electrons. The fraction of sp³-hybridized carbons (Fsp3) is 0.545. The number of nitrogens with two attached hydrogens (primary N) is 1. The predicted molar refractivity (Wildman–Crippen MR) is 64.6 cm³/mol. The molecule has 0 saturated heterocycles. The van der Waals surface area contributed by atoms with E-state index in [9.17, 15) is 4.79 Å². The van der Waals surface area contributed by atoms with Crippen LogP contribution in [0.15, 0.2) is 12.3 Å². The first-order valence-electron chi connectivity index (χ1n) is 5.45. The molecule has 0 aliphatic heterocycles. The van der Waals surface area contributed by atoms with E-state index in [1.807, 2.05) is 6.92 Å². The average Bonchev–Trinajstić information content (AvgIpc) is 2.70. The average molecular weight is 241 g/mol. The molecule has 17 heavy (non-hydrogen) atoms. The van der Waals surface area contributed by atoms with Crippen molar-refractivity contribution in [2.75, 3.05) is 18.9 Å². The van der Waals surface area contributed by atoms with E-state index in [4.69, 9.17) is 15.9 Å². The number of aryl methyl sites for hydroxylation is 1. The van der Waals surface area contributed by atoms with E-state index in [-0.39, 0.29) is 19.1 Å². The van der Waals surface area contributed by atoms with Crippen molar-refractivity contribution in [2.24, 2.45) is 0 Å². The summed E-state index contributed by atoms with van der Waals surface area (Å²) in [5.74, 6) is -0.367. The van der Waals surface area contributed by atoms with E-state index in [1.165, 1.54) is 0 Å². The van der Waals surface area contributed by atoms with Gasteiger partial charge in [-0.25, -0.2) is 0 Å². The van der Waals surface area contributed by atoms with Crippen LogP contribution in [0.2, 0.25) is 0 Å². The first kappa shape index (κ1) is 13.5. The number of aliphatic hydroxyl groups excluding tert-OH is 2. The van der Waals surface area contributed by atoms with E-state index in [2.05, 4.69) is 5.32 Å². The quantitative estimate of drug-likeness (QED) is 0.561. The monoisotopic (exact) mass is 241 g/mol. The number of anilines is 1. The molecule has 0 radical (unpaired) electrons. The third-order valence-corrected chi connectivity index (χ3v) is 2.60. The van der Waals surface area contributed by atoms with Crippen LogP contribution in [0.3, 0.4) is 0 Å². The molecule has 0 saturated carbocycles. The molecule has 0 aliphatic carbocycles. The number of nitrogens with one attached hydrogen (secondary N) is 1. The van der Waals surface area contributed by atoms with E-state index >= 15 is 0 Å². The third-order valence-electron chi connectivity index (χ3n) is 2.60. The number of hydrogen-bond acceptors (Lipinski definition) is 4. The smallest absolute Gasteiger partial charge is 0.268 e. The third kappa shape index (κ3) is 2.98. The number of carbonyl (C=O) groups excluding carboxylic acids is 1. The predicted octanol–water partition coefficient (Wildman–Crippen LogP) is -0.437. The Bertz CT molecular complexity index is 397. The van der Waals surface area contributed by atoms with Crippen molar-refractivity contribution in [3.8, 4) is 0 Å². The molecule has 0 fully saturated rings. The van der Waals surface area contributed by atoms with Crippen molar-refractivity contribution in [3.05, 3.63) is 18.0 Å². The molecule has 1 rings (SSSR count). The van der Waals surface area contributed by atoms with Gasteiger partial charge in [-0.15, -0.1) is 0 Å². The number of hydrogen-bond donors (Lipinski definition) is 4. The first-order valence-corrected chi connectivity index (χ1v) is 5.45. The van der Waals surface area contributed by atoms with Gasteiger partial charge in [0, 0.05) is 12.7 Å². The zero-order chi connectivity index (χ0) is 13.1. The molecule has 0 aromatic carbocycles. The lowest BCUT2D eigenvalue weighted by molar-refractivity contribution is 0.0716. The lowest BCUT2D eigenvalue weighted by atomic mass is 10.1. The fourth-order valence-electron chi connectivity index (χ4n) is 1.45. The second-order valence-corrected chi connectivity index (χ2v) is 4.28. The minimum absolute atomic E-state index is 0.336. The first-order chi connectivity index (χ1) is 7.95. The Labute approximate surface area is 100 Å². The zero-order valence-corrected chi connectivity index (χ0v) is 10.1. The molecule has 6 heteroatoms. The van der Waals surface area contributed by atoms with Crippen molar-refractivity contribution in [2.45, 2.75) is 25.9 Å². The lowest BCUT2D eigenvalue weighted by Gasteiger charge is -2.26. The van der Waals surface area contributed by atoms with Gasteiger partial charge in [0.15, 0.2) is 0 Å². The molecule has 1 heterocycles. The minimum Gasteiger partial charge on any atom is -0.397 e. The Hall–Kier alpha value is -1.53. The lowest BCUT2D eigenvalue weighted by Crippen LogP contribution is -2.52. The highest BCUT2D eigenvalue weighted by Gasteiger charge is 2.26. The number of aliphatic hydroxyl groups is 2. The van der Waals surface area contributed by atoms with Gasteiger partial charge in [0.1, 0.15) is 5.69 Å². The van der Waals surface area contributed by atoms with Gasteiger partial charge in [-0.3, -0.25) is 4.79 Å². The molecular weight excluding hydrogens is 222 g/mol. The number of carbonyl (C=O) groups is 1. The molecular formula is C11H19N3O3. The Morgan fingerprint density at radius 1 is 1.53 bits per heavy atom. The number of rotatable bonds is 5. The Kier molecular flexibility index (Phi) is 4.14. The summed E-state index contributed by atoms with van der Waals surface area (Å²) in [5, 5.41) is 20.8. The van der Waals surface area contributed by atoms with Gasteiger partial charge in [-0.1, -0.05) is 0 Å². The number of nitrogens with zero attached hydrogens (tertiary/aromatic N) is 1. The number of amides is 1. The van der Waals surface area contributed by atoms with Crippen LogP contribution in [0, 0.1) is 0 Å². The zero-order valence-electron chi connectivity index (χ0n) is 10.1. The van der Waals surface area contributed by atoms with Crippen LogP contribution in [-0.2, 0) is 6.54 Å². The molecule has 0 atom stereocenters. The summed E-state index contributed by atoms with van der Waals surface area (Å²) in [6, 6.07) is 1.56. The number of nitrogen functional groups attached to an aromatic ring is 1. The second-order valence-electron chi connectivity index (χ2n) is 4.28. The molecule has 0 spiro atoms. The summed E-state index contributed by atoms with van der Waals surface area (Å²) >= 11 is 0. The largest absolute Gasteiger partial charge is 0.397 e. The van der Waals surface area contributed by atoms with E-state index in [0.29, 0.717) is 17.9 Å². The molecule has 1 aromatic rings. The van der Waals surface area contributed by atoms with Crippen molar-refractivity contribution >= 4 is 11.6 Å². The molecule has 0 aliphatic rings. The van der Waals surface area contributed by atoms with Gasteiger partial charge in [0.25, 0.3) is 5.91 Å². The van der Waals surface area contributed by atoms with Gasteiger partial charge in [-0.05, 0) is 19.9 Å². The van der Waals surface area contributed by atoms with Crippen molar-refractivity contribution in [1.29, 1.82) is 0 Å². The normalized spacial score (nSPS) is 11.5. The number of aromatic nitrogens is 1. The summed E-state index contributed by atoms with van der Waals surface area (Å²) in [6.07, 6.45) is 1.67. The topological polar surface area (TPSA) is 101 Å². The maximum absolute atomic E-state index is 12.0. The molecule has 6 nitrogen and oxygen atoms in total. The minimum atomic E-state index is -1.03. The van der Waals surface area contributed by atoms with Crippen LogP contribution >= 0.6 is 0 Å². The summed E-state index contributed by atoms with van der Waals surface area (Å²) in [4.78, 5) is 12.0. The molecule has 0 bridgehead atoms. The standard InChI is InChI=1S/C11H19N3O3/c1-3-14-5-8(12)4-9(14)10(17)13-11(2,6-15)7-16/h4-5,15-16H,3,6-7,12H2,1-2H3,(H,13,17). The molecule has 5 N–H and O–H groups in total. The van der Waals surface area contributed by atoms with Gasteiger partial charge in [0.2, 0.25) is 0 Å².